The molecule has 0 amide bonds. The van der Waals surface area contributed by atoms with Crippen molar-refractivity contribution < 1.29 is 46.0 Å². The molecule has 0 aliphatic heterocycles. The standard InChI is InChI=1S/C47H62F4O6/c1-5-52-39-22-24-41(45(50)43(39)48)56-33-13-17-36-18-20-37(21-19-36)54-31-11-7-9-15-35(3)16-10-8-12-32-55-38-26-29-47(4,30-27-38)28-14-34-57-42-25-23-40(53-6-2)44(49)46(42)51/h18-27,29,35H,5-17,28,30-34H2,1-4H3. The van der Waals surface area contributed by atoms with E-state index < -0.39 is 23.3 Å². The molecule has 0 fully saturated rings. The molecule has 0 N–H and O–H groups in total. The van der Waals surface area contributed by atoms with Gasteiger partial charge in [-0.1, -0.05) is 70.6 Å². The van der Waals surface area contributed by atoms with E-state index in [-0.39, 0.29) is 48.2 Å². The van der Waals surface area contributed by atoms with Crippen LogP contribution in [-0.4, -0.2) is 39.6 Å². The van der Waals surface area contributed by atoms with Crippen molar-refractivity contribution in [3.63, 3.8) is 0 Å². The Morgan fingerprint density at radius 3 is 1.56 bits per heavy atom. The van der Waals surface area contributed by atoms with Gasteiger partial charge in [0.15, 0.2) is 23.0 Å². The van der Waals surface area contributed by atoms with Crippen LogP contribution in [0.25, 0.3) is 0 Å². The second kappa shape index (κ2) is 24.4. The third-order valence-electron chi connectivity index (χ3n) is 10.2. The van der Waals surface area contributed by atoms with Gasteiger partial charge in [0.05, 0.1) is 39.6 Å². The van der Waals surface area contributed by atoms with Gasteiger partial charge in [0.1, 0.15) is 11.5 Å². The minimum absolute atomic E-state index is 0.0247. The van der Waals surface area contributed by atoms with Crippen molar-refractivity contribution in [3.8, 4) is 28.7 Å². The smallest absolute Gasteiger partial charge is 0.204 e. The SMILES string of the molecule is CCOc1ccc(OCCCc2ccc(OCCCCCC(C)CCCCCOC3=CCC(C)(CCCOc4ccc(OCC)c(F)c4F)C=C3)cc2)c(F)c1F. The zero-order valence-electron chi connectivity index (χ0n) is 34.3. The highest BCUT2D eigenvalue weighted by molar-refractivity contribution is 5.36. The second-order valence-electron chi connectivity index (χ2n) is 15.1. The Bertz CT molecular complexity index is 1690. The summed E-state index contributed by atoms with van der Waals surface area (Å²) in [6.07, 6.45) is 19.5. The van der Waals surface area contributed by atoms with Crippen molar-refractivity contribution in [2.75, 3.05) is 39.6 Å². The van der Waals surface area contributed by atoms with Crippen LogP contribution in [-0.2, 0) is 11.2 Å². The highest BCUT2D eigenvalue weighted by Gasteiger charge is 2.23. The van der Waals surface area contributed by atoms with Crippen LogP contribution >= 0.6 is 0 Å². The van der Waals surface area contributed by atoms with Gasteiger partial charge in [-0.15, -0.1) is 0 Å². The second-order valence-corrected chi connectivity index (χ2v) is 15.1. The first kappa shape index (κ1) is 45.4. The summed E-state index contributed by atoms with van der Waals surface area (Å²) in [6.45, 7) is 10.5. The number of allylic oxidation sites excluding steroid dienone is 3. The Morgan fingerprint density at radius 1 is 0.561 bits per heavy atom. The Hall–Kier alpha value is -4.34. The molecular weight excluding hydrogens is 737 g/mol. The number of aryl methyl sites for hydroxylation is 1. The lowest BCUT2D eigenvalue weighted by molar-refractivity contribution is 0.207. The predicted octanol–water partition coefficient (Wildman–Crippen LogP) is 12.9. The average molecular weight is 799 g/mol. The third kappa shape index (κ3) is 15.5. The largest absolute Gasteiger partial charge is 0.494 e. The number of halogens is 4. The lowest BCUT2D eigenvalue weighted by atomic mass is 9.79. The number of hydrogen-bond acceptors (Lipinski definition) is 6. The van der Waals surface area contributed by atoms with Gasteiger partial charge in [-0.2, -0.15) is 17.6 Å². The zero-order chi connectivity index (χ0) is 40.9. The minimum Gasteiger partial charge on any atom is -0.494 e. The van der Waals surface area contributed by atoms with Crippen LogP contribution in [0.2, 0.25) is 0 Å². The van der Waals surface area contributed by atoms with Gasteiger partial charge in [0.2, 0.25) is 23.3 Å². The molecule has 0 bridgehead atoms. The molecule has 0 spiro atoms. The molecule has 4 rings (SSSR count). The quantitative estimate of drug-likeness (QED) is 0.0539. The molecule has 3 aromatic carbocycles. The van der Waals surface area contributed by atoms with Crippen LogP contribution in [0.1, 0.15) is 110 Å². The first-order valence-electron chi connectivity index (χ1n) is 20.8. The van der Waals surface area contributed by atoms with Crippen molar-refractivity contribution in [2.45, 2.75) is 111 Å². The molecule has 0 heterocycles. The first-order valence-corrected chi connectivity index (χ1v) is 20.8. The van der Waals surface area contributed by atoms with E-state index in [1.54, 1.807) is 13.8 Å². The van der Waals surface area contributed by atoms with Crippen LogP contribution < -0.4 is 23.7 Å². The first-order chi connectivity index (χ1) is 27.6. The van der Waals surface area contributed by atoms with E-state index in [9.17, 15) is 17.6 Å². The van der Waals surface area contributed by atoms with Crippen LogP contribution in [0.3, 0.4) is 0 Å². The summed E-state index contributed by atoms with van der Waals surface area (Å²) in [5, 5.41) is 0. The summed E-state index contributed by atoms with van der Waals surface area (Å²) >= 11 is 0. The lowest BCUT2D eigenvalue weighted by Gasteiger charge is -2.28. The number of unbranched alkanes of at least 4 members (excludes halogenated alkanes) is 4. The maximum atomic E-state index is 14.3. The molecule has 57 heavy (non-hydrogen) atoms. The average Bonchev–Trinajstić information content (AvgIpc) is 3.21. The molecule has 0 radical (unpaired) electrons. The summed E-state index contributed by atoms with van der Waals surface area (Å²) in [5.41, 5.74) is 1.11. The lowest BCUT2D eigenvalue weighted by Crippen LogP contribution is -2.17. The summed E-state index contributed by atoms with van der Waals surface area (Å²) in [6, 6.07) is 13.6. The molecule has 0 saturated carbocycles. The maximum Gasteiger partial charge on any atom is 0.204 e. The molecule has 6 nitrogen and oxygen atoms in total. The van der Waals surface area contributed by atoms with E-state index in [0.29, 0.717) is 38.6 Å². The molecule has 314 valence electrons. The van der Waals surface area contributed by atoms with E-state index >= 15 is 0 Å². The van der Waals surface area contributed by atoms with Gasteiger partial charge in [-0.3, -0.25) is 0 Å². The van der Waals surface area contributed by atoms with Crippen LogP contribution in [0.5, 0.6) is 28.7 Å². The van der Waals surface area contributed by atoms with E-state index in [2.05, 4.69) is 32.1 Å². The molecule has 0 aromatic heterocycles. The van der Waals surface area contributed by atoms with E-state index in [0.717, 1.165) is 62.0 Å². The van der Waals surface area contributed by atoms with Gasteiger partial charge in [0.25, 0.3) is 0 Å². The minimum atomic E-state index is -1.02. The predicted molar refractivity (Wildman–Crippen MR) is 218 cm³/mol. The Kier molecular flexibility index (Phi) is 19.4. The molecule has 1 aliphatic carbocycles. The summed E-state index contributed by atoms with van der Waals surface area (Å²) in [4.78, 5) is 0. The van der Waals surface area contributed by atoms with E-state index in [1.165, 1.54) is 49.9 Å². The van der Waals surface area contributed by atoms with Crippen molar-refractivity contribution in [1.29, 1.82) is 0 Å². The van der Waals surface area contributed by atoms with Gasteiger partial charge in [0, 0.05) is 0 Å². The van der Waals surface area contributed by atoms with Crippen LogP contribution in [0.15, 0.2) is 72.5 Å². The van der Waals surface area contributed by atoms with Crippen molar-refractivity contribution in [2.24, 2.45) is 11.3 Å². The Balaban J connectivity index is 0.955. The van der Waals surface area contributed by atoms with Gasteiger partial charge < -0.3 is 28.4 Å². The molecule has 0 saturated heterocycles. The number of ether oxygens (including phenoxy) is 6. The van der Waals surface area contributed by atoms with E-state index in [1.807, 2.05) is 24.3 Å². The molecule has 10 heteroatoms. The molecule has 2 unspecified atom stereocenters. The van der Waals surface area contributed by atoms with Gasteiger partial charge >= 0.3 is 0 Å². The van der Waals surface area contributed by atoms with Gasteiger partial charge in [-0.25, -0.2) is 0 Å². The van der Waals surface area contributed by atoms with Crippen LogP contribution in [0, 0.1) is 34.6 Å². The zero-order valence-corrected chi connectivity index (χ0v) is 34.3. The fraction of sp³-hybridized carbons (Fsp3) is 0.532. The number of rotatable bonds is 28. The number of benzene rings is 3. The third-order valence-corrected chi connectivity index (χ3v) is 10.2. The molecular formula is C47H62F4O6. The van der Waals surface area contributed by atoms with Gasteiger partial charge in [-0.05, 0) is 124 Å². The molecule has 2 atom stereocenters. The fourth-order valence-corrected chi connectivity index (χ4v) is 6.77. The van der Waals surface area contributed by atoms with E-state index in [4.69, 9.17) is 28.4 Å². The Labute approximate surface area is 337 Å². The topological polar surface area (TPSA) is 55.4 Å². The highest BCUT2D eigenvalue weighted by Crippen LogP contribution is 2.35. The number of hydrogen-bond donors (Lipinski definition) is 0. The highest BCUT2D eigenvalue weighted by atomic mass is 19.2. The Morgan fingerprint density at radius 2 is 1.05 bits per heavy atom. The summed E-state index contributed by atoms with van der Waals surface area (Å²) in [5.74, 6) is -2.01. The maximum absolute atomic E-state index is 14.3. The summed E-state index contributed by atoms with van der Waals surface area (Å²) in [7, 11) is 0. The molecule has 3 aromatic rings. The van der Waals surface area contributed by atoms with Crippen molar-refractivity contribution >= 4 is 0 Å². The monoisotopic (exact) mass is 798 g/mol. The summed E-state index contributed by atoms with van der Waals surface area (Å²) < 4.78 is 89.7. The van der Waals surface area contributed by atoms with Crippen molar-refractivity contribution in [3.05, 3.63) is 101 Å². The van der Waals surface area contributed by atoms with Crippen molar-refractivity contribution in [1.82, 2.24) is 0 Å². The van der Waals surface area contributed by atoms with Crippen LogP contribution in [0.4, 0.5) is 17.6 Å². The normalized spacial score (nSPS) is 15.5. The fourth-order valence-electron chi connectivity index (χ4n) is 6.77. The molecule has 1 aliphatic rings.